The van der Waals surface area contributed by atoms with Gasteiger partial charge in [-0.2, -0.15) is 0 Å². The van der Waals surface area contributed by atoms with E-state index in [4.69, 9.17) is 4.74 Å². The fourth-order valence-electron chi connectivity index (χ4n) is 2.32. The number of anilines is 1. The van der Waals surface area contributed by atoms with Gasteiger partial charge in [0.15, 0.2) is 0 Å². The van der Waals surface area contributed by atoms with Crippen LogP contribution >= 0.6 is 11.8 Å². The summed E-state index contributed by atoms with van der Waals surface area (Å²) in [5.74, 6) is 0.131. The molecule has 1 amide bonds. The van der Waals surface area contributed by atoms with Gasteiger partial charge in [-0.25, -0.2) is 0 Å². The molecule has 0 aliphatic heterocycles. The zero-order valence-corrected chi connectivity index (χ0v) is 15.3. The number of ether oxygens (including phenoxy) is 1. The largest absolute Gasteiger partial charge is 0.495 e. The van der Waals surface area contributed by atoms with Crippen LogP contribution in [0, 0.1) is 24.0 Å². The molecule has 1 unspecified atom stereocenters. The van der Waals surface area contributed by atoms with E-state index in [9.17, 15) is 14.9 Å². The van der Waals surface area contributed by atoms with Crippen LogP contribution in [0.3, 0.4) is 0 Å². The summed E-state index contributed by atoms with van der Waals surface area (Å²) in [7, 11) is 1.45. The summed E-state index contributed by atoms with van der Waals surface area (Å²) in [5.41, 5.74) is 2.46. The number of nitrogens with zero attached hydrogens (tertiary/aromatic N) is 1. The number of carbonyl (C=O) groups excluding carboxylic acids is 1. The highest BCUT2D eigenvalue weighted by Crippen LogP contribution is 2.31. The summed E-state index contributed by atoms with van der Waals surface area (Å²) in [6.45, 7) is 5.82. The molecule has 0 saturated heterocycles. The number of methoxy groups -OCH3 is 1. The van der Waals surface area contributed by atoms with E-state index in [-0.39, 0.29) is 22.5 Å². The minimum atomic E-state index is -0.511. The number of nitro benzene ring substituents is 1. The number of hydrogen-bond donors (Lipinski definition) is 1. The molecule has 0 radical (unpaired) electrons. The average Bonchev–Trinajstić information content (AvgIpc) is 2.57. The third kappa shape index (κ3) is 4.73. The van der Waals surface area contributed by atoms with Crippen LogP contribution in [-0.4, -0.2) is 23.2 Å². The molecule has 7 heteroatoms. The Balaban J connectivity index is 2.15. The molecule has 0 spiro atoms. The zero-order chi connectivity index (χ0) is 18.6. The summed E-state index contributed by atoms with van der Waals surface area (Å²) in [5, 5.41) is 13.3. The summed E-state index contributed by atoms with van der Waals surface area (Å²) >= 11 is 1.44. The van der Waals surface area contributed by atoms with E-state index in [0.29, 0.717) is 5.75 Å². The van der Waals surface area contributed by atoms with Gasteiger partial charge in [0, 0.05) is 17.0 Å². The van der Waals surface area contributed by atoms with Gasteiger partial charge in [0.05, 0.1) is 23.0 Å². The number of benzene rings is 2. The van der Waals surface area contributed by atoms with Gasteiger partial charge in [-0.1, -0.05) is 17.7 Å². The maximum absolute atomic E-state index is 12.5. The smallest absolute Gasteiger partial charge is 0.271 e. The Kier molecular flexibility index (Phi) is 6.03. The standard InChI is InChI=1S/C18H20N2O4S/c1-11-5-8-17(12(2)9-11)25-13(3)18(21)19-15-10-14(20(22)23)6-7-16(15)24-4/h5-10,13H,1-4H3,(H,19,21). The van der Waals surface area contributed by atoms with Crippen LogP contribution in [0.5, 0.6) is 5.75 Å². The number of thioether (sulfide) groups is 1. The van der Waals surface area contributed by atoms with Gasteiger partial charge in [0.2, 0.25) is 5.91 Å². The lowest BCUT2D eigenvalue weighted by Crippen LogP contribution is -2.22. The van der Waals surface area contributed by atoms with E-state index < -0.39 is 4.92 Å². The number of nitro groups is 1. The first-order chi connectivity index (χ1) is 11.8. The van der Waals surface area contributed by atoms with Crippen molar-refractivity contribution < 1.29 is 14.5 Å². The Bertz CT molecular complexity index is 808. The Morgan fingerprint density at radius 3 is 2.56 bits per heavy atom. The Labute approximate surface area is 150 Å². The number of amides is 1. The monoisotopic (exact) mass is 360 g/mol. The fraction of sp³-hybridized carbons (Fsp3) is 0.278. The van der Waals surface area contributed by atoms with Crippen LogP contribution in [0.2, 0.25) is 0 Å². The number of aryl methyl sites for hydroxylation is 2. The van der Waals surface area contributed by atoms with Gasteiger partial charge < -0.3 is 10.1 Å². The Morgan fingerprint density at radius 2 is 1.96 bits per heavy atom. The van der Waals surface area contributed by atoms with Crippen molar-refractivity contribution in [3.8, 4) is 5.75 Å². The van der Waals surface area contributed by atoms with Crippen molar-refractivity contribution in [3.63, 3.8) is 0 Å². The highest BCUT2D eigenvalue weighted by atomic mass is 32.2. The summed E-state index contributed by atoms with van der Waals surface area (Å²) in [6, 6.07) is 10.2. The molecule has 132 valence electrons. The van der Waals surface area contributed by atoms with Gasteiger partial charge in [-0.05, 0) is 38.5 Å². The summed E-state index contributed by atoms with van der Waals surface area (Å²) < 4.78 is 5.17. The minimum Gasteiger partial charge on any atom is -0.495 e. The molecule has 0 aliphatic carbocycles. The SMILES string of the molecule is COc1ccc([N+](=O)[O-])cc1NC(=O)C(C)Sc1ccc(C)cc1C. The number of rotatable bonds is 6. The van der Waals surface area contributed by atoms with Crippen molar-refractivity contribution in [1.82, 2.24) is 0 Å². The van der Waals surface area contributed by atoms with Crippen LogP contribution in [0.25, 0.3) is 0 Å². The van der Waals surface area contributed by atoms with E-state index in [1.165, 1.54) is 42.6 Å². The molecule has 6 nitrogen and oxygen atoms in total. The molecule has 0 heterocycles. The highest BCUT2D eigenvalue weighted by Gasteiger charge is 2.19. The molecular weight excluding hydrogens is 340 g/mol. The van der Waals surface area contributed by atoms with E-state index in [1.54, 1.807) is 6.92 Å². The molecule has 2 aromatic carbocycles. The van der Waals surface area contributed by atoms with Crippen LogP contribution in [0.4, 0.5) is 11.4 Å². The number of nitrogens with one attached hydrogen (secondary N) is 1. The topological polar surface area (TPSA) is 81.5 Å². The summed E-state index contributed by atoms with van der Waals surface area (Å²) in [4.78, 5) is 23.9. The molecule has 2 aromatic rings. The molecular formula is C18H20N2O4S. The average molecular weight is 360 g/mol. The molecule has 1 atom stereocenters. The van der Waals surface area contributed by atoms with Gasteiger partial charge in [-0.3, -0.25) is 14.9 Å². The second-order valence-corrected chi connectivity index (χ2v) is 7.04. The number of hydrogen-bond acceptors (Lipinski definition) is 5. The third-order valence-corrected chi connectivity index (χ3v) is 4.93. The zero-order valence-electron chi connectivity index (χ0n) is 14.5. The second-order valence-electron chi connectivity index (χ2n) is 5.66. The van der Waals surface area contributed by atoms with E-state index in [1.807, 2.05) is 26.0 Å². The van der Waals surface area contributed by atoms with Crippen molar-refractivity contribution in [2.75, 3.05) is 12.4 Å². The quantitative estimate of drug-likeness (QED) is 0.471. The number of carbonyl (C=O) groups is 1. The third-order valence-electron chi connectivity index (χ3n) is 3.66. The van der Waals surface area contributed by atoms with Crippen LogP contribution in [0.15, 0.2) is 41.3 Å². The first kappa shape index (κ1) is 18.8. The molecule has 2 rings (SSSR count). The Morgan fingerprint density at radius 1 is 1.24 bits per heavy atom. The van der Waals surface area contributed by atoms with Gasteiger partial charge >= 0.3 is 0 Å². The molecule has 0 aliphatic rings. The van der Waals surface area contributed by atoms with Crippen molar-refractivity contribution in [1.29, 1.82) is 0 Å². The van der Waals surface area contributed by atoms with E-state index in [2.05, 4.69) is 11.4 Å². The fourth-order valence-corrected chi connectivity index (χ4v) is 3.26. The van der Waals surface area contributed by atoms with Crippen molar-refractivity contribution >= 4 is 29.0 Å². The Hall–Kier alpha value is -2.54. The maximum Gasteiger partial charge on any atom is 0.271 e. The van der Waals surface area contributed by atoms with Crippen molar-refractivity contribution in [3.05, 3.63) is 57.6 Å². The molecule has 0 saturated carbocycles. The summed E-state index contributed by atoms with van der Waals surface area (Å²) in [6.07, 6.45) is 0. The normalized spacial score (nSPS) is 11.7. The van der Waals surface area contributed by atoms with Crippen LogP contribution in [0.1, 0.15) is 18.1 Å². The lowest BCUT2D eigenvalue weighted by molar-refractivity contribution is -0.384. The first-order valence-corrected chi connectivity index (χ1v) is 8.57. The molecule has 1 N–H and O–H groups in total. The molecule has 0 aromatic heterocycles. The second kappa shape index (κ2) is 8.02. The lowest BCUT2D eigenvalue weighted by atomic mass is 10.2. The first-order valence-electron chi connectivity index (χ1n) is 7.69. The highest BCUT2D eigenvalue weighted by molar-refractivity contribution is 8.00. The van der Waals surface area contributed by atoms with Gasteiger partial charge in [-0.15, -0.1) is 11.8 Å². The molecule has 25 heavy (non-hydrogen) atoms. The van der Waals surface area contributed by atoms with Crippen LogP contribution < -0.4 is 10.1 Å². The van der Waals surface area contributed by atoms with Crippen LogP contribution in [-0.2, 0) is 4.79 Å². The predicted octanol–water partition coefficient (Wildman–Crippen LogP) is 4.34. The molecule has 0 fully saturated rings. The minimum absolute atomic E-state index is 0.106. The van der Waals surface area contributed by atoms with E-state index in [0.717, 1.165) is 10.5 Å². The van der Waals surface area contributed by atoms with Gasteiger partial charge in [0.1, 0.15) is 5.75 Å². The molecule has 0 bridgehead atoms. The maximum atomic E-state index is 12.5. The van der Waals surface area contributed by atoms with E-state index >= 15 is 0 Å². The van der Waals surface area contributed by atoms with Crippen molar-refractivity contribution in [2.45, 2.75) is 30.9 Å². The lowest BCUT2D eigenvalue weighted by Gasteiger charge is -2.15. The predicted molar refractivity (Wildman–Crippen MR) is 99.5 cm³/mol. The van der Waals surface area contributed by atoms with Gasteiger partial charge in [0.25, 0.3) is 5.69 Å². The van der Waals surface area contributed by atoms with Crippen molar-refractivity contribution in [2.24, 2.45) is 0 Å². The number of non-ortho nitro benzene ring substituents is 1.